The molecule has 4 nitrogen and oxygen atoms in total. The first-order chi connectivity index (χ1) is 15.6. The predicted molar refractivity (Wildman–Crippen MR) is 146 cm³/mol. The molecule has 34 heavy (non-hydrogen) atoms. The highest BCUT2D eigenvalue weighted by atomic mass is 16.3. The summed E-state index contributed by atoms with van der Waals surface area (Å²) in [6.07, 6.45) is 16.9. The molecule has 0 fully saturated rings. The highest BCUT2D eigenvalue weighted by Gasteiger charge is 2.24. The second-order valence-corrected chi connectivity index (χ2v) is 11.3. The minimum Gasteiger partial charge on any atom is -0.390 e. The van der Waals surface area contributed by atoms with Gasteiger partial charge in [-0.15, -0.1) is 0 Å². The maximum Gasteiger partial charge on any atom is 0.0849 e. The van der Waals surface area contributed by atoms with Gasteiger partial charge in [0.15, 0.2) is 0 Å². The lowest BCUT2D eigenvalue weighted by Gasteiger charge is -2.24. The van der Waals surface area contributed by atoms with Crippen molar-refractivity contribution >= 4 is 0 Å². The minimum absolute atomic E-state index is 0.590. The Morgan fingerprint density at radius 3 is 1.09 bits per heavy atom. The van der Waals surface area contributed by atoms with E-state index in [1.54, 1.807) is 27.7 Å². The first kappa shape index (κ1) is 32.8. The van der Waals surface area contributed by atoms with Crippen molar-refractivity contribution in [1.82, 2.24) is 0 Å². The van der Waals surface area contributed by atoms with Crippen LogP contribution in [0.1, 0.15) is 120 Å². The molecule has 0 bridgehead atoms. The van der Waals surface area contributed by atoms with Crippen LogP contribution >= 0.6 is 0 Å². The molecule has 0 spiro atoms. The fourth-order valence-electron chi connectivity index (χ4n) is 3.60. The average molecular weight is 479 g/mol. The van der Waals surface area contributed by atoms with Crippen molar-refractivity contribution < 1.29 is 20.4 Å². The van der Waals surface area contributed by atoms with Gasteiger partial charge in [-0.1, -0.05) is 46.6 Å². The lowest BCUT2D eigenvalue weighted by Crippen LogP contribution is -2.35. The van der Waals surface area contributed by atoms with Crippen LogP contribution in [0.2, 0.25) is 0 Å². The molecule has 0 amide bonds. The zero-order valence-electron chi connectivity index (χ0n) is 23.3. The van der Waals surface area contributed by atoms with Gasteiger partial charge in [-0.2, -0.15) is 0 Å². The quantitative estimate of drug-likeness (QED) is 0.135. The van der Waals surface area contributed by atoms with Crippen molar-refractivity contribution in [1.29, 1.82) is 0 Å². The van der Waals surface area contributed by atoms with E-state index in [-0.39, 0.29) is 0 Å². The van der Waals surface area contributed by atoms with Crippen molar-refractivity contribution in [3.8, 4) is 0 Å². The lowest BCUT2D eigenvalue weighted by molar-refractivity contribution is -0.0510. The highest BCUT2D eigenvalue weighted by Crippen LogP contribution is 2.19. The van der Waals surface area contributed by atoms with E-state index in [0.29, 0.717) is 12.8 Å². The molecule has 0 saturated heterocycles. The third kappa shape index (κ3) is 17.3. The van der Waals surface area contributed by atoms with E-state index >= 15 is 0 Å². The fourth-order valence-corrected chi connectivity index (χ4v) is 3.60. The van der Waals surface area contributed by atoms with Crippen molar-refractivity contribution in [3.63, 3.8) is 0 Å². The van der Waals surface area contributed by atoms with E-state index in [0.717, 1.165) is 51.4 Å². The van der Waals surface area contributed by atoms with E-state index < -0.39 is 23.4 Å². The Morgan fingerprint density at radius 2 is 0.794 bits per heavy atom. The molecule has 0 aromatic rings. The number of aliphatic hydroxyl groups excluding tert-OH is 2. The number of rotatable bonds is 17. The van der Waals surface area contributed by atoms with Crippen molar-refractivity contribution in [2.24, 2.45) is 0 Å². The van der Waals surface area contributed by atoms with E-state index in [1.165, 1.54) is 22.3 Å². The summed E-state index contributed by atoms with van der Waals surface area (Å²) < 4.78 is 0. The molecule has 4 N–H and O–H groups in total. The largest absolute Gasteiger partial charge is 0.390 e. The number of hydrogen-bond donors (Lipinski definition) is 4. The minimum atomic E-state index is -1.04. The molecule has 0 aliphatic rings. The Labute approximate surface area is 210 Å². The van der Waals surface area contributed by atoms with E-state index in [1.807, 2.05) is 0 Å². The molecule has 0 aromatic heterocycles. The van der Waals surface area contributed by atoms with Crippen LogP contribution in [0.25, 0.3) is 0 Å². The zero-order chi connectivity index (χ0) is 26.4. The molecule has 4 heteroatoms. The molecule has 0 rings (SSSR count). The SMILES string of the molecule is C/C(=C/CC/C=C(\C)CC/C=C(/C)CC[C@H](O)C(C)(C)O)CC/C=C(\C)CC[C@H](O)C(C)(C)O. The second-order valence-electron chi connectivity index (χ2n) is 11.3. The topological polar surface area (TPSA) is 80.9 Å². The van der Waals surface area contributed by atoms with Crippen LogP contribution in [0.3, 0.4) is 0 Å². The molecule has 0 unspecified atom stereocenters. The van der Waals surface area contributed by atoms with Gasteiger partial charge in [0.2, 0.25) is 0 Å². The average Bonchev–Trinajstić information content (AvgIpc) is 2.71. The fraction of sp³-hybridized carbons (Fsp3) is 0.733. The van der Waals surface area contributed by atoms with Crippen molar-refractivity contribution in [2.45, 2.75) is 143 Å². The Kier molecular flexibility index (Phi) is 15.9. The van der Waals surface area contributed by atoms with Crippen LogP contribution < -0.4 is 0 Å². The van der Waals surface area contributed by atoms with Gasteiger partial charge in [0.25, 0.3) is 0 Å². The molecule has 0 aliphatic carbocycles. The molecule has 0 saturated carbocycles. The van der Waals surface area contributed by atoms with Crippen LogP contribution in [-0.2, 0) is 0 Å². The molecular formula is C30H54O4. The van der Waals surface area contributed by atoms with Crippen LogP contribution in [0.15, 0.2) is 46.6 Å². The van der Waals surface area contributed by atoms with Gasteiger partial charge >= 0.3 is 0 Å². The summed E-state index contributed by atoms with van der Waals surface area (Å²) in [5, 5.41) is 39.5. The Morgan fingerprint density at radius 1 is 0.529 bits per heavy atom. The first-order valence-electron chi connectivity index (χ1n) is 13.1. The highest BCUT2D eigenvalue weighted by molar-refractivity contribution is 5.07. The number of unbranched alkanes of at least 4 members (excludes halogenated alkanes) is 1. The summed E-state index contributed by atoms with van der Waals surface area (Å²) in [5.74, 6) is 0. The molecule has 0 aromatic carbocycles. The van der Waals surface area contributed by atoms with Gasteiger partial charge in [0.05, 0.1) is 23.4 Å². The first-order valence-corrected chi connectivity index (χ1v) is 13.1. The number of hydrogen-bond acceptors (Lipinski definition) is 4. The van der Waals surface area contributed by atoms with Gasteiger partial charge in [-0.3, -0.25) is 0 Å². The summed E-state index contributed by atoms with van der Waals surface area (Å²) >= 11 is 0. The molecule has 0 heterocycles. The van der Waals surface area contributed by atoms with Crippen LogP contribution in [0.5, 0.6) is 0 Å². The standard InChI is InChI=1S/C30H54O4/c1-23(15-11-17-25(3)19-21-27(31)29(5,6)33)13-9-10-14-24(2)16-12-18-26(4)20-22-28(32)30(7,8)34/h13-14,17-18,27-28,31-34H,9-12,15-16,19-22H2,1-8H3/b23-13-,24-14+,25-17+,26-18-/t27-,28-/m0/s1. The monoisotopic (exact) mass is 478 g/mol. The summed E-state index contributed by atoms with van der Waals surface area (Å²) in [6.45, 7) is 15.2. The maximum atomic E-state index is 9.93. The molecule has 198 valence electrons. The predicted octanol–water partition coefficient (Wildman–Crippen LogP) is 6.94. The van der Waals surface area contributed by atoms with Crippen molar-refractivity contribution in [2.75, 3.05) is 0 Å². The van der Waals surface area contributed by atoms with E-state index in [2.05, 4.69) is 52.0 Å². The second kappa shape index (κ2) is 16.5. The Bertz CT molecular complexity index is 624. The number of aliphatic hydroxyl groups is 4. The van der Waals surface area contributed by atoms with Gasteiger partial charge < -0.3 is 20.4 Å². The summed E-state index contributed by atoms with van der Waals surface area (Å²) in [5.41, 5.74) is 3.30. The van der Waals surface area contributed by atoms with Crippen LogP contribution in [0, 0.1) is 0 Å². The van der Waals surface area contributed by atoms with Gasteiger partial charge in [0, 0.05) is 0 Å². The molecule has 2 atom stereocenters. The van der Waals surface area contributed by atoms with Gasteiger partial charge in [0.1, 0.15) is 0 Å². The summed E-state index contributed by atoms with van der Waals surface area (Å²) in [4.78, 5) is 0. The third-order valence-electron chi connectivity index (χ3n) is 6.47. The summed E-state index contributed by atoms with van der Waals surface area (Å²) in [7, 11) is 0. The Balaban J connectivity index is 4.16. The van der Waals surface area contributed by atoms with Gasteiger partial charge in [-0.05, 0) is 120 Å². The maximum absolute atomic E-state index is 9.93. The van der Waals surface area contributed by atoms with Gasteiger partial charge in [-0.25, -0.2) is 0 Å². The smallest absolute Gasteiger partial charge is 0.0849 e. The van der Waals surface area contributed by atoms with E-state index in [4.69, 9.17) is 0 Å². The molecule has 0 aliphatic heterocycles. The molecular weight excluding hydrogens is 424 g/mol. The normalized spacial score (nSPS) is 16.7. The van der Waals surface area contributed by atoms with Crippen LogP contribution in [-0.4, -0.2) is 43.8 Å². The zero-order valence-corrected chi connectivity index (χ0v) is 23.3. The number of allylic oxidation sites excluding steroid dienone is 8. The lowest BCUT2D eigenvalue weighted by atomic mass is 9.95. The van der Waals surface area contributed by atoms with E-state index in [9.17, 15) is 20.4 Å². The van der Waals surface area contributed by atoms with Crippen molar-refractivity contribution in [3.05, 3.63) is 46.6 Å². The van der Waals surface area contributed by atoms with Crippen LogP contribution in [0.4, 0.5) is 0 Å². The molecule has 0 radical (unpaired) electrons. The third-order valence-corrected chi connectivity index (χ3v) is 6.47. The Hall–Kier alpha value is -1.20. The summed E-state index contributed by atoms with van der Waals surface area (Å²) in [6, 6.07) is 0.